The van der Waals surface area contributed by atoms with E-state index in [1.807, 2.05) is 13.0 Å². The maximum absolute atomic E-state index is 13.5. The van der Waals surface area contributed by atoms with Crippen molar-refractivity contribution in [3.05, 3.63) is 112 Å². The van der Waals surface area contributed by atoms with Gasteiger partial charge < -0.3 is 9.47 Å². The Morgan fingerprint density at radius 3 is 2.56 bits per heavy atom. The number of benzene rings is 3. The van der Waals surface area contributed by atoms with E-state index < -0.39 is 4.92 Å². The number of halogens is 1. The molecule has 0 N–H and O–H groups in total. The van der Waals surface area contributed by atoms with E-state index in [0.29, 0.717) is 46.8 Å². The molecule has 0 bridgehead atoms. The molecule has 7 heteroatoms. The molecular weight excluding hydrogens is 435 g/mol. The zero-order valence-electron chi connectivity index (χ0n) is 18.7. The van der Waals surface area contributed by atoms with Gasteiger partial charge in [-0.25, -0.2) is 4.39 Å². The van der Waals surface area contributed by atoms with Gasteiger partial charge >= 0.3 is 0 Å². The van der Waals surface area contributed by atoms with Gasteiger partial charge in [0.1, 0.15) is 12.4 Å². The van der Waals surface area contributed by atoms with Gasteiger partial charge in [-0.1, -0.05) is 18.2 Å². The molecule has 0 atom stereocenters. The van der Waals surface area contributed by atoms with Crippen molar-refractivity contribution in [1.82, 2.24) is 0 Å². The fourth-order valence-corrected chi connectivity index (χ4v) is 3.39. The van der Waals surface area contributed by atoms with Crippen LogP contribution in [0.25, 0.3) is 11.6 Å². The van der Waals surface area contributed by atoms with Crippen LogP contribution in [0, 0.1) is 27.3 Å². The first-order valence-corrected chi connectivity index (χ1v) is 10.6. The van der Waals surface area contributed by atoms with Crippen LogP contribution in [0.4, 0.5) is 10.1 Å². The zero-order valence-corrected chi connectivity index (χ0v) is 18.7. The molecule has 3 rings (SSSR count). The Labute approximate surface area is 197 Å². The molecule has 0 amide bonds. The molecule has 0 fully saturated rings. The molecule has 6 nitrogen and oxygen atoms in total. The van der Waals surface area contributed by atoms with E-state index in [1.165, 1.54) is 36.4 Å². The van der Waals surface area contributed by atoms with Crippen molar-refractivity contribution < 1.29 is 18.8 Å². The maximum Gasteiger partial charge on any atom is 0.269 e. The first-order valence-electron chi connectivity index (χ1n) is 10.6. The Bertz CT molecular complexity index is 1260. The molecule has 3 aromatic rings. The molecule has 0 spiro atoms. The minimum absolute atomic E-state index is 0.0484. The third kappa shape index (κ3) is 6.08. The standard InChI is InChI=1S/C27H23FN2O4/c1-3-6-22-13-20(14-23(17-29)21-9-11-25(12-10-21)30(31)32)16-26(33-4-2)27(22)34-18-19-7-5-8-24(28)15-19/h3,5,7-16H,1,4,6,18H2,2H3/b23-14+. The molecule has 0 saturated carbocycles. The van der Waals surface area contributed by atoms with E-state index in [9.17, 15) is 19.8 Å². The summed E-state index contributed by atoms with van der Waals surface area (Å²) in [4.78, 5) is 10.4. The van der Waals surface area contributed by atoms with E-state index in [4.69, 9.17) is 9.47 Å². The lowest BCUT2D eigenvalue weighted by atomic mass is 10.0. The van der Waals surface area contributed by atoms with Crippen LogP contribution in [0.5, 0.6) is 11.5 Å². The Hall–Kier alpha value is -4.44. The third-order valence-corrected chi connectivity index (χ3v) is 4.91. The van der Waals surface area contributed by atoms with Crippen LogP contribution < -0.4 is 9.47 Å². The van der Waals surface area contributed by atoms with Gasteiger partial charge in [0.25, 0.3) is 5.69 Å². The number of nitrogens with zero attached hydrogens (tertiary/aromatic N) is 2. The molecule has 0 aliphatic carbocycles. The summed E-state index contributed by atoms with van der Waals surface area (Å²) in [5.41, 5.74) is 3.03. The highest BCUT2D eigenvalue weighted by Gasteiger charge is 2.14. The van der Waals surface area contributed by atoms with E-state index in [2.05, 4.69) is 12.6 Å². The van der Waals surface area contributed by atoms with Gasteiger partial charge in [0, 0.05) is 17.7 Å². The number of allylic oxidation sites excluding steroid dienone is 2. The summed E-state index contributed by atoms with van der Waals surface area (Å²) in [6.07, 6.45) is 3.90. The number of nitriles is 1. The van der Waals surface area contributed by atoms with E-state index in [1.54, 1.807) is 30.4 Å². The number of non-ortho nitro benzene ring substituents is 1. The molecule has 0 heterocycles. The van der Waals surface area contributed by atoms with Crippen molar-refractivity contribution in [2.24, 2.45) is 0 Å². The second-order valence-corrected chi connectivity index (χ2v) is 7.33. The largest absolute Gasteiger partial charge is 0.490 e. The highest BCUT2D eigenvalue weighted by Crippen LogP contribution is 2.36. The number of nitro benzene ring substituents is 1. The van der Waals surface area contributed by atoms with Gasteiger partial charge in [-0.3, -0.25) is 10.1 Å². The van der Waals surface area contributed by atoms with Crippen molar-refractivity contribution in [3.63, 3.8) is 0 Å². The third-order valence-electron chi connectivity index (χ3n) is 4.91. The van der Waals surface area contributed by atoms with Crippen LogP contribution in [-0.4, -0.2) is 11.5 Å². The van der Waals surface area contributed by atoms with Gasteiger partial charge in [0.05, 0.1) is 23.2 Å². The minimum Gasteiger partial charge on any atom is -0.490 e. The fraction of sp³-hybridized carbons (Fsp3) is 0.148. The Balaban J connectivity index is 1.99. The SMILES string of the molecule is C=CCc1cc(/C=C(\C#N)c2ccc([N+](=O)[O-])cc2)cc(OCC)c1OCc1cccc(F)c1. The summed E-state index contributed by atoms with van der Waals surface area (Å²) in [5.74, 6) is 0.677. The monoisotopic (exact) mass is 458 g/mol. The molecule has 0 aliphatic heterocycles. The normalized spacial score (nSPS) is 10.9. The van der Waals surface area contributed by atoms with Crippen LogP contribution in [0.1, 0.15) is 29.2 Å². The molecule has 172 valence electrons. The minimum atomic E-state index is -0.488. The van der Waals surface area contributed by atoms with Gasteiger partial charge in [0.2, 0.25) is 0 Å². The molecule has 3 aromatic carbocycles. The summed E-state index contributed by atoms with van der Waals surface area (Å²) in [6, 6.07) is 17.8. The molecule has 0 radical (unpaired) electrons. The smallest absolute Gasteiger partial charge is 0.269 e. The van der Waals surface area contributed by atoms with Gasteiger partial charge in [0.15, 0.2) is 11.5 Å². The predicted octanol–water partition coefficient (Wildman–Crippen LogP) is 6.50. The zero-order chi connectivity index (χ0) is 24.5. The second kappa shape index (κ2) is 11.4. The molecule has 0 saturated heterocycles. The highest BCUT2D eigenvalue weighted by atomic mass is 19.1. The average Bonchev–Trinajstić information content (AvgIpc) is 2.82. The van der Waals surface area contributed by atoms with Gasteiger partial charge in [-0.05, 0) is 72.5 Å². The maximum atomic E-state index is 13.5. The summed E-state index contributed by atoms with van der Waals surface area (Å²) in [5, 5.41) is 20.6. The van der Waals surface area contributed by atoms with Crippen molar-refractivity contribution in [2.45, 2.75) is 20.0 Å². The fourth-order valence-electron chi connectivity index (χ4n) is 3.39. The number of ether oxygens (including phenoxy) is 2. The summed E-state index contributed by atoms with van der Waals surface area (Å²) < 4.78 is 25.4. The Kier molecular flexibility index (Phi) is 8.14. The second-order valence-electron chi connectivity index (χ2n) is 7.33. The predicted molar refractivity (Wildman–Crippen MR) is 129 cm³/mol. The molecule has 0 aromatic heterocycles. The van der Waals surface area contributed by atoms with E-state index in [-0.39, 0.29) is 18.1 Å². The summed E-state index contributed by atoms with van der Waals surface area (Å²) in [7, 11) is 0. The van der Waals surface area contributed by atoms with E-state index >= 15 is 0 Å². The molecule has 0 aliphatic rings. The van der Waals surface area contributed by atoms with Crippen molar-refractivity contribution >= 4 is 17.3 Å². The van der Waals surface area contributed by atoms with Crippen molar-refractivity contribution in [1.29, 1.82) is 5.26 Å². The lowest BCUT2D eigenvalue weighted by Crippen LogP contribution is -2.03. The number of rotatable bonds is 10. The van der Waals surface area contributed by atoms with Crippen LogP contribution in [0.15, 0.2) is 73.3 Å². The molecular formula is C27H23FN2O4. The quantitative estimate of drug-likeness (QED) is 0.114. The lowest BCUT2D eigenvalue weighted by molar-refractivity contribution is -0.384. The van der Waals surface area contributed by atoms with Gasteiger partial charge in [-0.15, -0.1) is 6.58 Å². The molecule has 34 heavy (non-hydrogen) atoms. The highest BCUT2D eigenvalue weighted by molar-refractivity contribution is 5.90. The first kappa shape index (κ1) is 24.2. The lowest BCUT2D eigenvalue weighted by Gasteiger charge is -2.17. The first-order chi connectivity index (χ1) is 16.4. The number of hydrogen-bond acceptors (Lipinski definition) is 5. The summed E-state index contributed by atoms with van der Waals surface area (Å²) >= 11 is 0. The van der Waals surface area contributed by atoms with Crippen molar-refractivity contribution in [3.8, 4) is 17.6 Å². The Morgan fingerprint density at radius 2 is 1.94 bits per heavy atom. The number of hydrogen-bond donors (Lipinski definition) is 0. The number of nitro groups is 1. The van der Waals surface area contributed by atoms with Crippen LogP contribution in [0.3, 0.4) is 0 Å². The van der Waals surface area contributed by atoms with Crippen LogP contribution in [0.2, 0.25) is 0 Å². The van der Waals surface area contributed by atoms with Crippen LogP contribution >= 0.6 is 0 Å². The topological polar surface area (TPSA) is 85.4 Å². The average molecular weight is 458 g/mol. The molecule has 0 unspecified atom stereocenters. The van der Waals surface area contributed by atoms with Gasteiger partial charge in [-0.2, -0.15) is 5.26 Å². The van der Waals surface area contributed by atoms with Crippen LogP contribution in [-0.2, 0) is 13.0 Å². The van der Waals surface area contributed by atoms with E-state index in [0.717, 1.165) is 5.56 Å². The van der Waals surface area contributed by atoms with Crippen molar-refractivity contribution in [2.75, 3.05) is 6.61 Å². The summed E-state index contributed by atoms with van der Waals surface area (Å²) in [6.45, 7) is 6.21. The Morgan fingerprint density at radius 1 is 1.18 bits per heavy atom.